The van der Waals surface area contributed by atoms with Crippen molar-refractivity contribution < 1.29 is 35.1 Å². The summed E-state index contributed by atoms with van der Waals surface area (Å²) in [6, 6.07) is 0. The van der Waals surface area contributed by atoms with E-state index in [1.807, 2.05) is 0 Å². The number of esters is 1. The van der Waals surface area contributed by atoms with Gasteiger partial charge in [-0.3, -0.25) is 4.79 Å². The molecule has 0 aliphatic carbocycles. The molecule has 0 heterocycles. The summed E-state index contributed by atoms with van der Waals surface area (Å²) in [5.41, 5.74) is 0. The highest BCUT2D eigenvalue weighted by Crippen LogP contribution is 2.05. The Morgan fingerprint density at radius 1 is 1.13 bits per heavy atom. The minimum atomic E-state index is -1.71. The second-order valence-corrected chi connectivity index (χ2v) is 3.10. The zero-order valence-corrected chi connectivity index (χ0v) is 8.28. The van der Waals surface area contributed by atoms with Gasteiger partial charge in [0.15, 0.2) is 0 Å². The predicted molar refractivity (Wildman–Crippen MR) is 47.7 cm³/mol. The van der Waals surface area contributed by atoms with Crippen LogP contribution in [0.5, 0.6) is 0 Å². The maximum absolute atomic E-state index is 10.4. The summed E-state index contributed by atoms with van der Waals surface area (Å²) in [7, 11) is 0. The number of hydrogen-bond acceptors (Lipinski definition) is 7. The van der Waals surface area contributed by atoms with Gasteiger partial charge in [-0.05, 0) is 0 Å². The van der Waals surface area contributed by atoms with Crippen molar-refractivity contribution in [1.29, 1.82) is 0 Å². The highest BCUT2D eigenvalue weighted by molar-refractivity contribution is 5.65. The van der Waals surface area contributed by atoms with Crippen LogP contribution in [-0.2, 0) is 9.53 Å². The Morgan fingerprint density at radius 3 is 2.00 bits per heavy atom. The molecule has 7 nitrogen and oxygen atoms in total. The maximum atomic E-state index is 10.4. The van der Waals surface area contributed by atoms with Crippen molar-refractivity contribution in [2.75, 3.05) is 13.2 Å². The van der Waals surface area contributed by atoms with Crippen molar-refractivity contribution in [3.8, 4) is 0 Å². The fourth-order valence-electron chi connectivity index (χ4n) is 0.865. The van der Waals surface area contributed by atoms with E-state index in [2.05, 4.69) is 4.74 Å². The molecule has 0 unspecified atom stereocenters. The van der Waals surface area contributed by atoms with Crippen LogP contribution in [0.3, 0.4) is 0 Å². The molecule has 0 bridgehead atoms. The molecule has 0 aromatic rings. The van der Waals surface area contributed by atoms with Crippen molar-refractivity contribution >= 4 is 5.97 Å². The molecular formula is C8H16O7. The van der Waals surface area contributed by atoms with E-state index in [9.17, 15) is 15.0 Å². The first-order chi connectivity index (χ1) is 6.90. The van der Waals surface area contributed by atoms with Gasteiger partial charge in [-0.1, -0.05) is 0 Å². The normalized spacial score (nSPS) is 19.1. The molecule has 15 heavy (non-hydrogen) atoms. The van der Waals surface area contributed by atoms with E-state index in [1.165, 1.54) is 0 Å². The zero-order chi connectivity index (χ0) is 12.0. The maximum Gasteiger partial charge on any atom is 0.302 e. The number of rotatable bonds is 6. The highest BCUT2D eigenvalue weighted by atomic mass is 16.5. The molecule has 0 amide bonds. The van der Waals surface area contributed by atoms with Gasteiger partial charge in [0.1, 0.15) is 31.0 Å². The van der Waals surface area contributed by atoms with Crippen LogP contribution in [0, 0.1) is 0 Å². The Labute approximate surface area is 86.5 Å². The van der Waals surface area contributed by atoms with Crippen LogP contribution in [0.4, 0.5) is 0 Å². The van der Waals surface area contributed by atoms with Crippen LogP contribution in [0.1, 0.15) is 6.92 Å². The SMILES string of the molecule is CC(=O)OC[C@H](O)[C@@H](O)[C@@H](O)[C@H](O)CO. The topological polar surface area (TPSA) is 127 Å². The summed E-state index contributed by atoms with van der Waals surface area (Å²) in [6.07, 6.45) is -6.50. The van der Waals surface area contributed by atoms with Crippen molar-refractivity contribution in [1.82, 2.24) is 0 Å². The predicted octanol–water partition coefficient (Wildman–Crippen LogP) is -3.01. The first-order valence-corrected chi connectivity index (χ1v) is 4.36. The number of carbonyl (C=O) groups is 1. The van der Waals surface area contributed by atoms with Gasteiger partial charge in [-0.25, -0.2) is 0 Å². The lowest BCUT2D eigenvalue weighted by Crippen LogP contribution is -2.47. The Kier molecular flexibility index (Phi) is 6.37. The van der Waals surface area contributed by atoms with Gasteiger partial charge in [0, 0.05) is 6.92 Å². The Morgan fingerprint density at radius 2 is 1.60 bits per heavy atom. The van der Waals surface area contributed by atoms with E-state index in [1.54, 1.807) is 0 Å². The fraction of sp³-hybridized carbons (Fsp3) is 0.875. The van der Waals surface area contributed by atoms with E-state index < -0.39 is 43.6 Å². The summed E-state index contributed by atoms with van der Waals surface area (Å²) in [4.78, 5) is 10.4. The molecule has 0 spiro atoms. The monoisotopic (exact) mass is 224 g/mol. The van der Waals surface area contributed by atoms with Crippen LogP contribution in [0.2, 0.25) is 0 Å². The summed E-state index contributed by atoms with van der Waals surface area (Å²) < 4.78 is 4.38. The van der Waals surface area contributed by atoms with Gasteiger partial charge < -0.3 is 30.3 Å². The first-order valence-electron chi connectivity index (χ1n) is 4.36. The van der Waals surface area contributed by atoms with E-state index >= 15 is 0 Å². The molecule has 0 aliphatic heterocycles. The Balaban J connectivity index is 4.06. The lowest BCUT2D eigenvalue weighted by molar-refractivity contribution is -0.154. The summed E-state index contributed by atoms with van der Waals surface area (Å²) in [6.45, 7) is -0.123. The minimum absolute atomic E-state index is 0.494. The van der Waals surface area contributed by atoms with Gasteiger partial charge >= 0.3 is 5.97 Å². The second-order valence-electron chi connectivity index (χ2n) is 3.10. The third-order valence-corrected chi connectivity index (χ3v) is 1.78. The van der Waals surface area contributed by atoms with E-state index in [0.29, 0.717) is 0 Å². The Bertz CT molecular complexity index is 195. The van der Waals surface area contributed by atoms with Crippen LogP contribution >= 0.6 is 0 Å². The number of hydrogen-bond donors (Lipinski definition) is 5. The van der Waals surface area contributed by atoms with Crippen LogP contribution < -0.4 is 0 Å². The van der Waals surface area contributed by atoms with E-state index in [4.69, 9.17) is 15.3 Å². The minimum Gasteiger partial charge on any atom is -0.463 e. The van der Waals surface area contributed by atoms with Crippen molar-refractivity contribution in [3.05, 3.63) is 0 Å². The molecule has 0 aliphatic rings. The van der Waals surface area contributed by atoms with Crippen molar-refractivity contribution in [2.24, 2.45) is 0 Å². The lowest BCUT2D eigenvalue weighted by atomic mass is 10.0. The standard InChI is InChI=1S/C8H16O7/c1-4(10)15-3-6(12)8(14)7(13)5(11)2-9/h5-9,11-14H,2-3H2,1H3/t5-,6+,7+,8-/m1/s1. The largest absolute Gasteiger partial charge is 0.463 e. The van der Waals surface area contributed by atoms with Gasteiger partial charge in [0.25, 0.3) is 0 Å². The molecule has 0 saturated carbocycles. The van der Waals surface area contributed by atoms with Crippen LogP contribution in [0.25, 0.3) is 0 Å². The molecular weight excluding hydrogens is 208 g/mol. The number of carbonyl (C=O) groups excluding carboxylic acids is 1. The molecule has 0 aromatic heterocycles. The fourth-order valence-corrected chi connectivity index (χ4v) is 0.865. The summed E-state index contributed by atoms with van der Waals surface area (Å²) >= 11 is 0. The van der Waals surface area contributed by atoms with Crippen molar-refractivity contribution in [2.45, 2.75) is 31.3 Å². The second kappa shape index (κ2) is 6.70. The molecule has 7 heteroatoms. The summed E-state index contributed by atoms with van der Waals surface area (Å²) in [5, 5.41) is 45.0. The molecule has 90 valence electrons. The third kappa shape index (κ3) is 5.05. The van der Waals surface area contributed by atoms with Gasteiger partial charge in [0.2, 0.25) is 0 Å². The molecule has 0 aromatic carbocycles. The van der Waals surface area contributed by atoms with Gasteiger partial charge in [-0.2, -0.15) is 0 Å². The smallest absolute Gasteiger partial charge is 0.302 e. The average Bonchev–Trinajstić information content (AvgIpc) is 2.22. The van der Waals surface area contributed by atoms with E-state index in [-0.39, 0.29) is 0 Å². The highest BCUT2D eigenvalue weighted by Gasteiger charge is 2.30. The summed E-state index contributed by atoms with van der Waals surface area (Å²) in [5.74, 6) is -0.640. The molecule has 0 fully saturated rings. The van der Waals surface area contributed by atoms with Gasteiger partial charge in [-0.15, -0.1) is 0 Å². The molecule has 0 radical (unpaired) electrons. The zero-order valence-electron chi connectivity index (χ0n) is 8.28. The van der Waals surface area contributed by atoms with Crippen LogP contribution in [-0.4, -0.2) is 69.1 Å². The first kappa shape index (κ1) is 14.3. The molecule has 5 N–H and O–H groups in total. The Hall–Kier alpha value is -0.730. The van der Waals surface area contributed by atoms with Crippen LogP contribution in [0.15, 0.2) is 0 Å². The lowest BCUT2D eigenvalue weighted by Gasteiger charge is -2.25. The third-order valence-electron chi connectivity index (χ3n) is 1.78. The number of aliphatic hydroxyl groups excluding tert-OH is 5. The average molecular weight is 224 g/mol. The van der Waals surface area contributed by atoms with Gasteiger partial charge in [0.05, 0.1) is 6.61 Å². The number of aliphatic hydroxyl groups is 5. The molecule has 0 rings (SSSR count). The number of ether oxygens (including phenoxy) is 1. The molecule has 4 atom stereocenters. The molecule has 0 saturated heterocycles. The quantitative estimate of drug-likeness (QED) is 0.304. The van der Waals surface area contributed by atoms with Crippen molar-refractivity contribution in [3.63, 3.8) is 0 Å². The van der Waals surface area contributed by atoms with E-state index in [0.717, 1.165) is 6.92 Å².